The molecule has 2 rings (SSSR count). The van der Waals surface area contributed by atoms with Crippen LogP contribution in [-0.4, -0.2) is 31.3 Å². The van der Waals surface area contributed by atoms with Crippen LogP contribution in [0.4, 0.5) is 15.9 Å². The standard InChI is InChI=1S/C19H26FN3O2.C2H6/c1-3-9-23(10-4-2)16-13-18(21)22-19(14-16)25-12-11-24-17-7-5-15(20)6-8-17;1-2/h5-8,13-14H,3-4,9-12H2,1-2H3,(H2,21,22);1-2H3. The number of nitrogen functional groups attached to an aromatic ring is 1. The van der Waals surface area contributed by atoms with Crippen molar-refractivity contribution in [1.82, 2.24) is 4.98 Å². The van der Waals surface area contributed by atoms with Crippen LogP contribution in [-0.2, 0) is 0 Å². The molecule has 0 spiro atoms. The maximum Gasteiger partial charge on any atom is 0.217 e. The summed E-state index contributed by atoms with van der Waals surface area (Å²) in [6, 6.07) is 9.65. The molecule has 2 aromatic rings. The maximum atomic E-state index is 12.8. The van der Waals surface area contributed by atoms with E-state index in [0.29, 0.717) is 30.7 Å². The fourth-order valence-electron chi connectivity index (χ4n) is 2.51. The molecule has 0 fully saturated rings. The molecule has 1 aromatic carbocycles. The zero-order valence-corrected chi connectivity index (χ0v) is 16.9. The van der Waals surface area contributed by atoms with E-state index in [9.17, 15) is 4.39 Å². The number of rotatable bonds is 10. The van der Waals surface area contributed by atoms with Crippen LogP contribution in [0.1, 0.15) is 40.5 Å². The largest absolute Gasteiger partial charge is 0.490 e. The summed E-state index contributed by atoms with van der Waals surface area (Å²) in [6.45, 7) is 10.9. The molecule has 0 aliphatic carbocycles. The zero-order valence-electron chi connectivity index (χ0n) is 16.9. The molecule has 0 saturated carbocycles. The number of anilines is 2. The summed E-state index contributed by atoms with van der Waals surface area (Å²) in [5.74, 6) is 1.23. The fourth-order valence-corrected chi connectivity index (χ4v) is 2.51. The van der Waals surface area contributed by atoms with E-state index in [-0.39, 0.29) is 5.82 Å². The second-order valence-electron chi connectivity index (χ2n) is 5.73. The Kier molecular flexibility index (Phi) is 10.7. The van der Waals surface area contributed by atoms with Crippen LogP contribution in [0.15, 0.2) is 36.4 Å². The van der Waals surface area contributed by atoms with Crippen LogP contribution < -0.4 is 20.1 Å². The number of hydrogen-bond donors (Lipinski definition) is 1. The first kappa shape index (κ1) is 22.5. The number of halogens is 1. The summed E-state index contributed by atoms with van der Waals surface area (Å²) in [4.78, 5) is 6.49. The van der Waals surface area contributed by atoms with Crippen molar-refractivity contribution in [3.63, 3.8) is 0 Å². The van der Waals surface area contributed by atoms with E-state index in [1.54, 1.807) is 12.1 Å². The normalized spacial score (nSPS) is 9.96. The van der Waals surface area contributed by atoms with Crippen LogP contribution in [0.3, 0.4) is 0 Å². The van der Waals surface area contributed by atoms with Gasteiger partial charge in [-0.05, 0) is 37.1 Å². The molecule has 150 valence electrons. The quantitative estimate of drug-likeness (QED) is 0.596. The SMILES string of the molecule is CC.CCCN(CCC)c1cc(N)nc(OCCOc2ccc(F)cc2)c1. The van der Waals surface area contributed by atoms with Gasteiger partial charge in [-0.15, -0.1) is 0 Å². The molecule has 6 heteroatoms. The first-order chi connectivity index (χ1) is 13.1. The number of nitrogens with zero attached hydrogens (tertiary/aromatic N) is 2. The minimum absolute atomic E-state index is 0.288. The lowest BCUT2D eigenvalue weighted by Gasteiger charge is -2.24. The lowest BCUT2D eigenvalue weighted by Crippen LogP contribution is -2.25. The van der Waals surface area contributed by atoms with E-state index in [2.05, 4.69) is 23.7 Å². The van der Waals surface area contributed by atoms with Crippen molar-refractivity contribution in [3.05, 3.63) is 42.2 Å². The molecule has 0 saturated heterocycles. The fraction of sp³-hybridized carbons (Fsp3) is 0.476. The molecule has 1 heterocycles. The van der Waals surface area contributed by atoms with Crippen molar-refractivity contribution >= 4 is 11.5 Å². The molecule has 0 radical (unpaired) electrons. The minimum atomic E-state index is -0.288. The van der Waals surface area contributed by atoms with Gasteiger partial charge in [0.2, 0.25) is 5.88 Å². The van der Waals surface area contributed by atoms with E-state index in [0.717, 1.165) is 31.6 Å². The first-order valence-corrected chi connectivity index (χ1v) is 9.66. The average Bonchev–Trinajstić information content (AvgIpc) is 2.68. The highest BCUT2D eigenvalue weighted by atomic mass is 19.1. The van der Waals surface area contributed by atoms with Gasteiger partial charge in [0.1, 0.15) is 30.6 Å². The van der Waals surface area contributed by atoms with Crippen molar-refractivity contribution in [1.29, 1.82) is 0 Å². The smallest absolute Gasteiger partial charge is 0.217 e. The van der Waals surface area contributed by atoms with Crippen LogP contribution in [0.2, 0.25) is 0 Å². The van der Waals surface area contributed by atoms with Gasteiger partial charge in [0.05, 0.1) is 0 Å². The average molecular weight is 378 g/mol. The van der Waals surface area contributed by atoms with Crippen molar-refractivity contribution in [2.24, 2.45) is 0 Å². The van der Waals surface area contributed by atoms with Gasteiger partial charge >= 0.3 is 0 Å². The van der Waals surface area contributed by atoms with E-state index in [1.807, 2.05) is 26.0 Å². The number of benzene rings is 1. The molecular weight excluding hydrogens is 345 g/mol. The predicted octanol–water partition coefficient (Wildman–Crippen LogP) is 4.91. The highest BCUT2D eigenvalue weighted by molar-refractivity contribution is 5.55. The Morgan fingerprint density at radius 1 is 0.963 bits per heavy atom. The van der Waals surface area contributed by atoms with Gasteiger partial charge in [-0.25, -0.2) is 4.39 Å². The van der Waals surface area contributed by atoms with Crippen molar-refractivity contribution in [3.8, 4) is 11.6 Å². The molecule has 0 aliphatic rings. The summed E-state index contributed by atoms with van der Waals surface area (Å²) in [5, 5.41) is 0. The number of nitrogens with two attached hydrogens (primary N) is 1. The van der Waals surface area contributed by atoms with Gasteiger partial charge in [-0.2, -0.15) is 4.98 Å². The van der Waals surface area contributed by atoms with Crippen LogP contribution in [0, 0.1) is 5.82 Å². The highest BCUT2D eigenvalue weighted by Crippen LogP contribution is 2.23. The minimum Gasteiger partial charge on any atom is -0.490 e. The monoisotopic (exact) mass is 377 g/mol. The first-order valence-electron chi connectivity index (χ1n) is 9.66. The topological polar surface area (TPSA) is 60.6 Å². The lowest BCUT2D eigenvalue weighted by molar-refractivity contribution is 0.212. The summed E-state index contributed by atoms with van der Waals surface area (Å²) < 4.78 is 24.0. The summed E-state index contributed by atoms with van der Waals surface area (Å²) in [7, 11) is 0. The highest BCUT2D eigenvalue weighted by Gasteiger charge is 2.09. The molecule has 0 atom stereocenters. The van der Waals surface area contributed by atoms with E-state index >= 15 is 0 Å². The number of aromatic nitrogens is 1. The maximum absolute atomic E-state index is 12.8. The van der Waals surface area contributed by atoms with Crippen molar-refractivity contribution in [2.45, 2.75) is 40.5 Å². The second-order valence-corrected chi connectivity index (χ2v) is 5.73. The molecule has 0 bridgehead atoms. The Labute approximate surface area is 162 Å². The van der Waals surface area contributed by atoms with Gasteiger partial charge in [-0.3, -0.25) is 0 Å². The number of ether oxygens (including phenoxy) is 2. The zero-order chi connectivity index (χ0) is 20.1. The molecule has 1 aromatic heterocycles. The molecule has 5 nitrogen and oxygen atoms in total. The Bertz CT molecular complexity index is 644. The summed E-state index contributed by atoms with van der Waals surface area (Å²) in [6.07, 6.45) is 2.12. The van der Waals surface area contributed by atoms with Gasteiger partial charge in [0.25, 0.3) is 0 Å². The summed E-state index contributed by atoms with van der Waals surface area (Å²) >= 11 is 0. The predicted molar refractivity (Wildman–Crippen MR) is 110 cm³/mol. The van der Waals surface area contributed by atoms with E-state index < -0.39 is 0 Å². The second kappa shape index (κ2) is 12.8. The molecule has 2 N–H and O–H groups in total. The van der Waals surface area contributed by atoms with Crippen LogP contribution in [0.25, 0.3) is 0 Å². The number of pyridine rings is 1. The van der Waals surface area contributed by atoms with Crippen LogP contribution in [0.5, 0.6) is 11.6 Å². The Hall–Kier alpha value is -2.50. The molecule has 0 unspecified atom stereocenters. The third kappa shape index (κ3) is 8.15. The van der Waals surface area contributed by atoms with Gasteiger partial charge in [0, 0.05) is 30.9 Å². The lowest BCUT2D eigenvalue weighted by atomic mass is 10.3. The van der Waals surface area contributed by atoms with E-state index in [4.69, 9.17) is 15.2 Å². The third-order valence-corrected chi connectivity index (χ3v) is 3.57. The van der Waals surface area contributed by atoms with E-state index in [1.165, 1.54) is 12.1 Å². The summed E-state index contributed by atoms with van der Waals surface area (Å²) in [5.41, 5.74) is 6.93. The molecular formula is C21H32FN3O2. The van der Waals surface area contributed by atoms with Crippen LogP contribution >= 0.6 is 0 Å². The van der Waals surface area contributed by atoms with Crippen molar-refractivity contribution in [2.75, 3.05) is 36.9 Å². The Morgan fingerprint density at radius 2 is 1.56 bits per heavy atom. The van der Waals surface area contributed by atoms with Crippen molar-refractivity contribution < 1.29 is 13.9 Å². The third-order valence-electron chi connectivity index (χ3n) is 3.57. The molecule has 27 heavy (non-hydrogen) atoms. The van der Waals surface area contributed by atoms with Gasteiger partial charge in [-0.1, -0.05) is 27.7 Å². The Morgan fingerprint density at radius 3 is 2.15 bits per heavy atom. The molecule has 0 amide bonds. The Balaban J connectivity index is 0.00000176. The number of hydrogen-bond acceptors (Lipinski definition) is 5. The van der Waals surface area contributed by atoms with Gasteiger partial charge in [0.15, 0.2) is 0 Å². The van der Waals surface area contributed by atoms with Gasteiger partial charge < -0.3 is 20.1 Å². The molecule has 0 aliphatic heterocycles.